The van der Waals surface area contributed by atoms with Gasteiger partial charge in [0.15, 0.2) is 0 Å². The predicted molar refractivity (Wildman–Crippen MR) is 76.8 cm³/mol. The van der Waals surface area contributed by atoms with Crippen molar-refractivity contribution in [3.63, 3.8) is 0 Å². The van der Waals surface area contributed by atoms with Crippen molar-refractivity contribution in [3.05, 3.63) is 55.9 Å². The molecular weight excluding hydrogens is 280 g/mol. The third-order valence-electron chi connectivity index (χ3n) is 3.33. The summed E-state index contributed by atoms with van der Waals surface area (Å²) in [5.41, 5.74) is 8.82. The van der Waals surface area contributed by atoms with Crippen molar-refractivity contribution in [2.75, 3.05) is 0 Å². The molecule has 0 aliphatic carbocycles. The Morgan fingerprint density at radius 2 is 2.10 bits per heavy atom. The lowest BCUT2D eigenvalue weighted by molar-refractivity contribution is -0.385. The molecule has 0 amide bonds. The summed E-state index contributed by atoms with van der Waals surface area (Å²) in [7, 11) is 0. The van der Waals surface area contributed by atoms with Crippen molar-refractivity contribution in [1.29, 1.82) is 0 Å². The first-order valence-electron chi connectivity index (χ1n) is 6.10. The molecule has 106 valence electrons. The highest BCUT2D eigenvalue weighted by Gasteiger charge is 2.19. The molecule has 0 radical (unpaired) electrons. The summed E-state index contributed by atoms with van der Waals surface area (Å²) >= 11 is 6.09. The molecule has 2 N–H and O–H groups in total. The van der Waals surface area contributed by atoms with Crippen molar-refractivity contribution < 1.29 is 4.92 Å². The zero-order chi connectivity index (χ0) is 14.9. The summed E-state index contributed by atoms with van der Waals surface area (Å²) in [5.74, 6) is 0. The van der Waals surface area contributed by atoms with Gasteiger partial charge in [-0.25, -0.2) is 0 Å². The minimum atomic E-state index is -0.434. The van der Waals surface area contributed by atoms with E-state index in [1.54, 1.807) is 16.8 Å². The summed E-state index contributed by atoms with van der Waals surface area (Å²) in [6.07, 6.45) is 0. The number of hydrogen-bond donors (Lipinski definition) is 1. The average Bonchev–Trinajstić information content (AvgIpc) is 2.66. The second kappa shape index (κ2) is 5.60. The minimum Gasteiger partial charge on any atom is -0.326 e. The van der Waals surface area contributed by atoms with Crippen LogP contribution >= 0.6 is 11.6 Å². The minimum absolute atomic E-state index is 0.000600. The molecule has 7 heteroatoms. The first-order valence-corrected chi connectivity index (χ1v) is 6.48. The zero-order valence-corrected chi connectivity index (χ0v) is 12.0. The molecule has 1 heterocycles. The summed E-state index contributed by atoms with van der Waals surface area (Å²) < 4.78 is 1.70. The van der Waals surface area contributed by atoms with Gasteiger partial charge in [-0.15, -0.1) is 0 Å². The second-order valence-electron chi connectivity index (χ2n) is 4.51. The van der Waals surface area contributed by atoms with Gasteiger partial charge >= 0.3 is 0 Å². The number of nitro benzene ring substituents is 1. The topological polar surface area (TPSA) is 87.0 Å². The predicted octanol–water partition coefficient (Wildman–Crippen LogP) is 2.57. The fourth-order valence-electron chi connectivity index (χ4n) is 2.21. The van der Waals surface area contributed by atoms with Crippen LogP contribution in [0.3, 0.4) is 0 Å². The van der Waals surface area contributed by atoms with E-state index in [0.29, 0.717) is 17.1 Å². The third-order valence-corrected chi connectivity index (χ3v) is 3.69. The molecular formula is C13H15ClN4O2. The van der Waals surface area contributed by atoms with Crippen LogP contribution in [0.5, 0.6) is 0 Å². The lowest BCUT2D eigenvalue weighted by Crippen LogP contribution is -2.08. The molecule has 0 fully saturated rings. The molecule has 20 heavy (non-hydrogen) atoms. The number of hydrogen-bond acceptors (Lipinski definition) is 4. The lowest BCUT2D eigenvalue weighted by Gasteiger charge is -2.08. The van der Waals surface area contributed by atoms with Gasteiger partial charge in [0.1, 0.15) is 0 Å². The normalized spacial score (nSPS) is 10.8. The van der Waals surface area contributed by atoms with E-state index in [-0.39, 0.29) is 12.2 Å². The van der Waals surface area contributed by atoms with Crippen LogP contribution in [0.2, 0.25) is 5.02 Å². The molecule has 2 rings (SSSR count). The highest BCUT2D eigenvalue weighted by molar-refractivity contribution is 6.31. The van der Waals surface area contributed by atoms with Crippen LogP contribution < -0.4 is 5.73 Å². The fourth-order valence-corrected chi connectivity index (χ4v) is 2.44. The van der Waals surface area contributed by atoms with E-state index >= 15 is 0 Å². The molecule has 0 spiro atoms. The molecule has 0 aliphatic heterocycles. The summed E-state index contributed by atoms with van der Waals surface area (Å²) in [6, 6.07) is 4.65. The Morgan fingerprint density at radius 1 is 1.40 bits per heavy atom. The lowest BCUT2D eigenvalue weighted by atomic mass is 10.1. The van der Waals surface area contributed by atoms with E-state index in [9.17, 15) is 10.1 Å². The molecule has 0 saturated heterocycles. The maximum atomic E-state index is 11.1. The van der Waals surface area contributed by atoms with E-state index in [1.807, 2.05) is 13.8 Å². The molecule has 2 aromatic rings. The Hall–Kier alpha value is -1.92. The summed E-state index contributed by atoms with van der Waals surface area (Å²) in [4.78, 5) is 10.6. The Labute approximate surface area is 121 Å². The molecule has 1 aromatic heterocycles. The van der Waals surface area contributed by atoms with Crippen LogP contribution in [-0.2, 0) is 13.1 Å². The van der Waals surface area contributed by atoms with Gasteiger partial charge in [0.2, 0.25) is 0 Å². The van der Waals surface area contributed by atoms with Crippen molar-refractivity contribution in [2.45, 2.75) is 26.9 Å². The SMILES string of the molecule is Cc1nn(Cc2c(Cl)cccc2[N+](=O)[O-])c(C)c1CN. The van der Waals surface area contributed by atoms with Crippen molar-refractivity contribution in [3.8, 4) is 0 Å². The van der Waals surface area contributed by atoms with Crippen molar-refractivity contribution in [1.82, 2.24) is 9.78 Å². The number of aromatic nitrogens is 2. The second-order valence-corrected chi connectivity index (χ2v) is 4.91. The molecule has 0 aliphatic rings. The summed E-state index contributed by atoms with van der Waals surface area (Å²) in [6.45, 7) is 4.41. The van der Waals surface area contributed by atoms with Gasteiger partial charge in [-0.2, -0.15) is 5.10 Å². The number of halogens is 1. The van der Waals surface area contributed by atoms with Crippen LogP contribution in [0.15, 0.2) is 18.2 Å². The smallest absolute Gasteiger partial charge is 0.275 e. The fraction of sp³-hybridized carbons (Fsp3) is 0.308. The highest BCUT2D eigenvalue weighted by Crippen LogP contribution is 2.27. The van der Waals surface area contributed by atoms with Crippen LogP contribution in [0.1, 0.15) is 22.5 Å². The largest absolute Gasteiger partial charge is 0.326 e. The molecule has 0 saturated carbocycles. The number of nitrogens with two attached hydrogens (primary N) is 1. The molecule has 0 unspecified atom stereocenters. The van der Waals surface area contributed by atoms with Gasteiger partial charge in [-0.3, -0.25) is 14.8 Å². The first kappa shape index (κ1) is 14.5. The monoisotopic (exact) mass is 294 g/mol. The van der Waals surface area contributed by atoms with Gasteiger partial charge in [0, 0.05) is 23.9 Å². The van der Waals surface area contributed by atoms with Gasteiger partial charge in [0.25, 0.3) is 5.69 Å². The maximum absolute atomic E-state index is 11.1. The Kier molecular flexibility index (Phi) is 4.06. The average molecular weight is 295 g/mol. The van der Waals surface area contributed by atoms with E-state index in [4.69, 9.17) is 17.3 Å². The van der Waals surface area contributed by atoms with E-state index in [0.717, 1.165) is 17.0 Å². The maximum Gasteiger partial charge on any atom is 0.275 e. The van der Waals surface area contributed by atoms with E-state index in [1.165, 1.54) is 6.07 Å². The standard InChI is InChI=1S/C13H15ClN4O2/c1-8-10(6-15)9(2)17(16-8)7-11-12(14)4-3-5-13(11)18(19)20/h3-5H,6-7,15H2,1-2H3. The number of nitro groups is 1. The highest BCUT2D eigenvalue weighted by atomic mass is 35.5. The number of nitrogens with zero attached hydrogens (tertiary/aromatic N) is 3. The van der Waals surface area contributed by atoms with Crippen molar-refractivity contribution >= 4 is 17.3 Å². The molecule has 6 nitrogen and oxygen atoms in total. The Balaban J connectivity index is 2.48. The Morgan fingerprint density at radius 3 is 2.65 bits per heavy atom. The van der Waals surface area contributed by atoms with Gasteiger partial charge < -0.3 is 5.73 Å². The number of aryl methyl sites for hydroxylation is 1. The van der Waals surface area contributed by atoms with E-state index < -0.39 is 4.92 Å². The Bertz CT molecular complexity index is 667. The quantitative estimate of drug-likeness (QED) is 0.693. The van der Waals surface area contributed by atoms with Gasteiger partial charge in [0.05, 0.1) is 27.7 Å². The van der Waals surface area contributed by atoms with Crippen LogP contribution in [0, 0.1) is 24.0 Å². The van der Waals surface area contributed by atoms with Crippen LogP contribution in [-0.4, -0.2) is 14.7 Å². The van der Waals surface area contributed by atoms with Crippen LogP contribution in [0.25, 0.3) is 0 Å². The first-order chi connectivity index (χ1) is 9.45. The molecule has 0 bridgehead atoms. The van der Waals surface area contributed by atoms with E-state index in [2.05, 4.69) is 5.10 Å². The summed E-state index contributed by atoms with van der Waals surface area (Å²) in [5, 5.41) is 15.8. The third kappa shape index (κ3) is 2.52. The van der Waals surface area contributed by atoms with Crippen LogP contribution in [0.4, 0.5) is 5.69 Å². The zero-order valence-electron chi connectivity index (χ0n) is 11.3. The molecule has 1 aromatic carbocycles. The molecule has 0 atom stereocenters. The number of benzene rings is 1. The van der Waals surface area contributed by atoms with Gasteiger partial charge in [-0.05, 0) is 19.9 Å². The van der Waals surface area contributed by atoms with Gasteiger partial charge in [-0.1, -0.05) is 17.7 Å². The van der Waals surface area contributed by atoms with Crippen molar-refractivity contribution in [2.24, 2.45) is 5.73 Å². The number of rotatable bonds is 4.